The number of carbonyl (C=O) groups is 1. The van der Waals surface area contributed by atoms with Crippen molar-refractivity contribution in [3.05, 3.63) is 34.3 Å². The van der Waals surface area contributed by atoms with E-state index in [1.54, 1.807) is 24.4 Å². The number of rotatable bonds is 1. The van der Waals surface area contributed by atoms with Gasteiger partial charge in [0, 0.05) is 17.3 Å². The zero-order valence-electron chi connectivity index (χ0n) is 7.85. The summed E-state index contributed by atoms with van der Waals surface area (Å²) < 4.78 is 1.83. The molecule has 0 aliphatic heterocycles. The van der Waals surface area contributed by atoms with Gasteiger partial charge in [-0.25, -0.2) is 9.78 Å². The maximum absolute atomic E-state index is 10.8. The highest BCUT2D eigenvalue weighted by Gasteiger charge is 2.13. The lowest BCUT2D eigenvalue weighted by molar-refractivity contribution is 0.0702. The first-order valence-electron chi connectivity index (χ1n) is 4.45. The summed E-state index contributed by atoms with van der Waals surface area (Å²) in [6.07, 6.45) is 1.79. The zero-order valence-corrected chi connectivity index (χ0v) is 9.42. The molecule has 0 amide bonds. The van der Waals surface area contributed by atoms with Crippen LogP contribution in [0.25, 0.3) is 16.0 Å². The smallest absolute Gasteiger partial charge is 0.346 e. The summed E-state index contributed by atoms with van der Waals surface area (Å²) >= 11 is 7.06. The lowest BCUT2D eigenvalue weighted by atomic mass is 10.4. The predicted molar refractivity (Wildman–Crippen MR) is 62.5 cm³/mol. The number of hydrogen-bond donors (Lipinski definition) is 1. The number of fused-ring (bicyclic) bond motifs is 3. The number of carboxylic acid groups (broad SMARTS) is 1. The number of pyridine rings is 1. The van der Waals surface area contributed by atoms with Gasteiger partial charge >= 0.3 is 5.97 Å². The molecule has 0 saturated carbocycles. The third kappa shape index (κ3) is 1.29. The van der Waals surface area contributed by atoms with E-state index in [0.717, 1.165) is 10.5 Å². The van der Waals surface area contributed by atoms with E-state index < -0.39 is 5.97 Å². The molecule has 1 N–H and O–H groups in total. The molecule has 0 spiro atoms. The molecule has 0 radical (unpaired) electrons. The number of carboxylic acids is 1. The summed E-state index contributed by atoms with van der Waals surface area (Å²) in [5.74, 6) is -0.925. The van der Waals surface area contributed by atoms with Gasteiger partial charge in [-0.1, -0.05) is 11.6 Å². The summed E-state index contributed by atoms with van der Waals surface area (Å²) in [4.78, 5) is 16.2. The second-order valence-electron chi connectivity index (χ2n) is 3.29. The van der Waals surface area contributed by atoms with Gasteiger partial charge in [0.15, 0.2) is 0 Å². The van der Waals surface area contributed by atoms with Crippen molar-refractivity contribution in [2.24, 2.45) is 0 Å². The Labute approximate surface area is 98.7 Å². The van der Waals surface area contributed by atoms with Gasteiger partial charge in [-0.15, -0.1) is 11.3 Å². The summed E-state index contributed by atoms with van der Waals surface area (Å²) in [5, 5.41) is 9.49. The summed E-state index contributed by atoms with van der Waals surface area (Å²) in [6.45, 7) is 0. The molecule has 3 heterocycles. The minimum atomic E-state index is -0.925. The van der Waals surface area contributed by atoms with E-state index in [-0.39, 0.29) is 0 Å². The molecule has 0 aromatic carbocycles. The molecular weight excluding hydrogens is 248 g/mol. The highest BCUT2D eigenvalue weighted by molar-refractivity contribution is 7.20. The molecule has 80 valence electrons. The molecule has 3 aromatic heterocycles. The van der Waals surface area contributed by atoms with Crippen LogP contribution in [0.3, 0.4) is 0 Å². The van der Waals surface area contributed by atoms with Crippen molar-refractivity contribution < 1.29 is 9.90 Å². The molecule has 0 atom stereocenters. The summed E-state index contributed by atoms with van der Waals surface area (Å²) in [6, 6.07) is 5.06. The molecule has 3 rings (SSSR count). The molecule has 0 bridgehead atoms. The fourth-order valence-corrected chi connectivity index (χ4v) is 2.66. The molecule has 0 saturated heterocycles. The number of thiophene rings is 1. The standard InChI is InChI=1S/C10H5ClN2O2S/c11-5-1-2-13-8(3-5)12-6-4-7(10(14)15)16-9(6)13/h1-4H,(H,14,15). The van der Waals surface area contributed by atoms with Gasteiger partial charge in [0.25, 0.3) is 0 Å². The predicted octanol–water partition coefficient (Wildman–Crippen LogP) is 2.90. The maximum Gasteiger partial charge on any atom is 0.346 e. The fourth-order valence-electron chi connectivity index (χ4n) is 1.57. The van der Waals surface area contributed by atoms with Crippen molar-refractivity contribution in [3.8, 4) is 0 Å². The maximum atomic E-state index is 10.8. The Kier molecular flexibility index (Phi) is 1.92. The lowest BCUT2D eigenvalue weighted by Crippen LogP contribution is -1.90. The molecular formula is C10H5ClN2O2S. The Balaban J connectivity index is 2.38. The van der Waals surface area contributed by atoms with E-state index in [1.807, 2.05) is 4.40 Å². The largest absolute Gasteiger partial charge is 0.477 e. The van der Waals surface area contributed by atoms with E-state index in [2.05, 4.69) is 4.98 Å². The van der Waals surface area contributed by atoms with Crippen molar-refractivity contribution in [1.29, 1.82) is 0 Å². The van der Waals surface area contributed by atoms with Crippen LogP contribution >= 0.6 is 22.9 Å². The number of imidazole rings is 1. The van der Waals surface area contributed by atoms with Crippen molar-refractivity contribution in [2.45, 2.75) is 0 Å². The van der Waals surface area contributed by atoms with E-state index in [0.29, 0.717) is 15.4 Å². The average Bonchev–Trinajstić information content (AvgIpc) is 2.73. The molecule has 4 nitrogen and oxygen atoms in total. The second-order valence-corrected chi connectivity index (χ2v) is 4.76. The number of hydrogen-bond acceptors (Lipinski definition) is 3. The summed E-state index contributed by atoms with van der Waals surface area (Å²) in [5.41, 5.74) is 1.41. The van der Waals surface area contributed by atoms with Crippen LogP contribution in [0.1, 0.15) is 9.67 Å². The van der Waals surface area contributed by atoms with E-state index >= 15 is 0 Å². The Morgan fingerprint density at radius 2 is 2.31 bits per heavy atom. The molecule has 0 aliphatic carbocycles. The van der Waals surface area contributed by atoms with Gasteiger partial charge < -0.3 is 5.11 Å². The number of aromatic nitrogens is 2. The summed E-state index contributed by atoms with van der Waals surface area (Å²) in [7, 11) is 0. The van der Waals surface area contributed by atoms with Gasteiger partial charge in [0.1, 0.15) is 20.9 Å². The highest BCUT2D eigenvalue weighted by atomic mass is 35.5. The normalized spacial score (nSPS) is 11.3. The number of halogens is 1. The molecule has 0 fully saturated rings. The SMILES string of the molecule is O=C(O)c1cc2nc3cc(Cl)ccn3c2s1. The third-order valence-electron chi connectivity index (χ3n) is 2.25. The number of aromatic carboxylic acids is 1. The van der Waals surface area contributed by atoms with E-state index in [4.69, 9.17) is 16.7 Å². The Hall–Kier alpha value is -1.59. The van der Waals surface area contributed by atoms with E-state index in [1.165, 1.54) is 11.3 Å². The van der Waals surface area contributed by atoms with Crippen LogP contribution in [0.5, 0.6) is 0 Å². The fraction of sp³-hybridized carbons (Fsp3) is 0. The quantitative estimate of drug-likeness (QED) is 0.725. The molecule has 0 unspecified atom stereocenters. The minimum Gasteiger partial charge on any atom is -0.477 e. The molecule has 6 heteroatoms. The topological polar surface area (TPSA) is 54.6 Å². The van der Waals surface area contributed by atoms with Crippen LogP contribution in [-0.2, 0) is 0 Å². The van der Waals surface area contributed by atoms with Crippen LogP contribution in [0.4, 0.5) is 0 Å². The second kappa shape index (κ2) is 3.20. The van der Waals surface area contributed by atoms with Crippen LogP contribution in [0.2, 0.25) is 5.02 Å². The monoisotopic (exact) mass is 252 g/mol. The average molecular weight is 253 g/mol. The van der Waals surface area contributed by atoms with Crippen molar-refractivity contribution >= 4 is 44.9 Å². The van der Waals surface area contributed by atoms with Crippen LogP contribution in [0, 0.1) is 0 Å². The van der Waals surface area contributed by atoms with Gasteiger partial charge in [-0.3, -0.25) is 4.40 Å². The van der Waals surface area contributed by atoms with Crippen molar-refractivity contribution in [2.75, 3.05) is 0 Å². The van der Waals surface area contributed by atoms with Crippen LogP contribution < -0.4 is 0 Å². The molecule has 0 aliphatic rings. The third-order valence-corrected chi connectivity index (χ3v) is 3.60. The zero-order chi connectivity index (χ0) is 11.3. The first-order valence-corrected chi connectivity index (χ1v) is 5.65. The van der Waals surface area contributed by atoms with Gasteiger partial charge in [0.05, 0.1) is 0 Å². The lowest BCUT2D eigenvalue weighted by Gasteiger charge is -1.93. The first-order chi connectivity index (χ1) is 7.65. The molecule has 16 heavy (non-hydrogen) atoms. The van der Waals surface area contributed by atoms with Crippen molar-refractivity contribution in [3.63, 3.8) is 0 Å². The van der Waals surface area contributed by atoms with E-state index in [9.17, 15) is 4.79 Å². The Morgan fingerprint density at radius 3 is 3.06 bits per heavy atom. The highest BCUT2D eigenvalue weighted by Crippen LogP contribution is 2.27. The van der Waals surface area contributed by atoms with Gasteiger partial charge in [0.2, 0.25) is 0 Å². The Bertz CT molecular complexity index is 716. The van der Waals surface area contributed by atoms with Gasteiger partial charge in [-0.2, -0.15) is 0 Å². The van der Waals surface area contributed by atoms with Gasteiger partial charge in [-0.05, 0) is 12.1 Å². The molecule has 3 aromatic rings. The van der Waals surface area contributed by atoms with Crippen LogP contribution in [-0.4, -0.2) is 20.5 Å². The minimum absolute atomic E-state index is 0.293. The van der Waals surface area contributed by atoms with Crippen LogP contribution in [0.15, 0.2) is 24.4 Å². The number of nitrogens with zero attached hydrogens (tertiary/aromatic N) is 2. The first kappa shape index (κ1) is 9.62. The van der Waals surface area contributed by atoms with Crippen molar-refractivity contribution in [1.82, 2.24) is 9.38 Å². The Morgan fingerprint density at radius 1 is 1.50 bits per heavy atom.